The molecule has 0 saturated carbocycles. The van der Waals surface area contributed by atoms with Crippen LogP contribution in [0.15, 0.2) is 53.4 Å². The van der Waals surface area contributed by atoms with Crippen LogP contribution in [0.25, 0.3) is 0 Å². The Bertz CT molecular complexity index is 818. The summed E-state index contributed by atoms with van der Waals surface area (Å²) in [6, 6.07) is 15.8. The summed E-state index contributed by atoms with van der Waals surface area (Å²) in [5.74, 6) is 0.567. The van der Waals surface area contributed by atoms with E-state index in [4.69, 9.17) is 0 Å². The fourth-order valence-corrected chi connectivity index (χ4v) is 3.83. The average molecular weight is 413 g/mol. The molecule has 0 aromatic heterocycles. The maximum Gasteiger partial charge on any atom is 0.242 e. The fourth-order valence-electron chi connectivity index (χ4n) is 2.99. The molecule has 5 heteroatoms. The molecule has 156 valence electrons. The summed E-state index contributed by atoms with van der Waals surface area (Å²) in [5.41, 5.74) is 3.41. The summed E-state index contributed by atoms with van der Waals surface area (Å²) in [6.07, 6.45) is 0.393. The number of carbonyl (C=O) groups excluding carboxylic acids is 2. The maximum atomic E-state index is 13.1. The third-order valence-electron chi connectivity index (χ3n) is 4.81. The van der Waals surface area contributed by atoms with Gasteiger partial charge in [0.2, 0.25) is 11.8 Å². The SMILES string of the molecule is Cc1ccc(SCCC(=O)N(Cc2ccccc2C)[C@H](C)C(=O)NC(C)C)cc1. The van der Waals surface area contributed by atoms with E-state index in [0.717, 1.165) is 16.0 Å². The maximum absolute atomic E-state index is 13.1. The molecule has 0 fully saturated rings. The van der Waals surface area contributed by atoms with Crippen LogP contribution in [-0.2, 0) is 16.1 Å². The third kappa shape index (κ3) is 7.24. The molecule has 0 radical (unpaired) electrons. The van der Waals surface area contributed by atoms with Crippen LogP contribution in [0.2, 0.25) is 0 Å². The highest BCUT2D eigenvalue weighted by Gasteiger charge is 2.26. The largest absolute Gasteiger partial charge is 0.352 e. The van der Waals surface area contributed by atoms with Gasteiger partial charge in [0.15, 0.2) is 0 Å². The van der Waals surface area contributed by atoms with E-state index in [0.29, 0.717) is 18.7 Å². The predicted octanol–water partition coefficient (Wildman–Crippen LogP) is 4.73. The molecule has 2 rings (SSSR count). The van der Waals surface area contributed by atoms with Gasteiger partial charge in [-0.25, -0.2) is 0 Å². The molecule has 0 unspecified atom stereocenters. The number of nitrogens with zero attached hydrogens (tertiary/aromatic N) is 1. The first kappa shape index (κ1) is 23.0. The smallest absolute Gasteiger partial charge is 0.242 e. The Morgan fingerprint density at radius 3 is 2.28 bits per heavy atom. The molecular weight excluding hydrogens is 380 g/mol. The van der Waals surface area contributed by atoms with Gasteiger partial charge in [-0.15, -0.1) is 11.8 Å². The number of amides is 2. The minimum Gasteiger partial charge on any atom is -0.352 e. The normalized spacial score (nSPS) is 11.9. The van der Waals surface area contributed by atoms with E-state index in [1.54, 1.807) is 23.6 Å². The van der Waals surface area contributed by atoms with E-state index in [2.05, 4.69) is 36.5 Å². The third-order valence-corrected chi connectivity index (χ3v) is 5.82. The van der Waals surface area contributed by atoms with E-state index in [1.165, 1.54) is 5.56 Å². The highest BCUT2D eigenvalue weighted by molar-refractivity contribution is 7.99. The summed E-state index contributed by atoms with van der Waals surface area (Å²) >= 11 is 1.67. The van der Waals surface area contributed by atoms with Crippen LogP contribution in [0.5, 0.6) is 0 Å². The van der Waals surface area contributed by atoms with Crippen molar-refractivity contribution in [1.29, 1.82) is 0 Å². The second kappa shape index (κ2) is 11.1. The van der Waals surface area contributed by atoms with Gasteiger partial charge >= 0.3 is 0 Å². The van der Waals surface area contributed by atoms with Crippen LogP contribution in [0.4, 0.5) is 0 Å². The topological polar surface area (TPSA) is 49.4 Å². The molecule has 0 aliphatic heterocycles. The van der Waals surface area contributed by atoms with Crippen LogP contribution in [0.3, 0.4) is 0 Å². The zero-order valence-electron chi connectivity index (χ0n) is 18.1. The Hall–Kier alpha value is -2.27. The highest BCUT2D eigenvalue weighted by Crippen LogP contribution is 2.21. The molecule has 0 spiro atoms. The quantitative estimate of drug-likeness (QED) is 0.606. The summed E-state index contributed by atoms with van der Waals surface area (Å²) in [6.45, 7) is 10.2. The van der Waals surface area contributed by atoms with Crippen LogP contribution >= 0.6 is 11.8 Å². The van der Waals surface area contributed by atoms with Crippen LogP contribution in [0, 0.1) is 13.8 Å². The monoisotopic (exact) mass is 412 g/mol. The van der Waals surface area contributed by atoms with Crippen molar-refractivity contribution in [1.82, 2.24) is 10.2 Å². The lowest BCUT2D eigenvalue weighted by atomic mass is 10.1. The van der Waals surface area contributed by atoms with E-state index in [1.807, 2.05) is 45.0 Å². The Morgan fingerprint density at radius 2 is 1.66 bits per heavy atom. The summed E-state index contributed by atoms with van der Waals surface area (Å²) < 4.78 is 0. The number of hydrogen-bond donors (Lipinski definition) is 1. The summed E-state index contributed by atoms with van der Waals surface area (Å²) in [5, 5.41) is 2.93. The molecule has 1 N–H and O–H groups in total. The Balaban J connectivity index is 2.07. The van der Waals surface area contributed by atoms with Gasteiger partial charge in [-0.3, -0.25) is 9.59 Å². The number of thioether (sulfide) groups is 1. The number of aryl methyl sites for hydroxylation is 2. The first-order valence-electron chi connectivity index (χ1n) is 10.1. The second-order valence-corrected chi connectivity index (χ2v) is 8.87. The van der Waals surface area contributed by atoms with Gasteiger partial charge in [-0.2, -0.15) is 0 Å². The first-order valence-corrected chi connectivity index (χ1v) is 11.1. The lowest BCUT2D eigenvalue weighted by Crippen LogP contribution is -2.49. The van der Waals surface area contributed by atoms with E-state index < -0.39 is 6.04 Å². The Labute approximate surface area is 179 Å². The van der Waals surface area contributed by atoms with Crippen molar-refractivity contribution in [2.75, 3.05) is 5.75 Å². The molecule has 0 saturated heterocycles. The van der Waals surface area contributed by atoms with Gasteiger partial charge in [0, 0.05) is 29.7 Å². The van der Waals surface area contributed by atoms with Crippen LogP contribution in [-0.4, -0.2) is 34.6 Å². The van der Waals surface area contributed by atoms with Gasteiger partial charge in [0.1, 0.15) is 6.04 Å². The van der Waals surface area contributed by atoms with Crippen molar-refractivity contribution < 1.29 is 9.59 Å². The van der Waals surface area contributed by atoms with Crippen molar-refractivity contribution in [3.63, 3.8) is 0 Å². The molecule has 0 aliphatic rings. The van der Waals surface area contributed by atoms with Crippen molar-refractivity contribution in [3.05, 3.63) is 65.2 Å². The van der Waals surface area contributed by atoms with E-state index in [-0.39, 0.29) is 17.9 Å². The number of benzene rings is 2. The predicted molar refractivity (Wildman–Crippen MR) is 121 cm³/mol. The van der Waals surface area contributed by atoms with Crippen molar-refractivity contribution in [2.45, 2.75) is 64.6 Å². The van der Waals surface area contributed by atoms with Gasteiger partial charge in [0.25, 0.3) is 0 Å². The van der Waals surface area contributed by atoms with Gasteiger partial charge < -0.3 is 10.2 Å². The molecule has 0 bridgehead atoms. The standard InChI is InChI=1S/C24H32N2O2S/c1-17(2)25-24(28)20(5)26(16-21-9-7-6-8-19(21)4)23(27)14-15-29-22-12-10-18(3)11-13-22/h6-13,17,20H,14-16H2,1-5H3,(H,25,28)/t20-/m1/s1. The van der Waals surface area contributed by atoms with Gasteiger partial charge in [-0.05, 0) is 57.9 Å². The lowest BCUT2D eigenvalue weighted by molar-refractivity contribution is -0.140. The zero-order chi connectivity index (χ0) is 21.4. The minimum atomic E-state index is -0.520. The van der Waals surface area contributed by atoms with Crippen LogP contribution in [0.1, 0.15) is 43.9 Å². The fraction of sp³-hybridized carbons (Fsp3) is 0.417. The van der Waals surface area contributed by atoms with Crippen molar-refractivity contribution in [3.8, 4) is 0 Å². The lowest BCUT2D eigenvalue weighted by Gasteiger charge is -2.30. The minimum absolute atomic E-state index is 0.000675. The molecular formula is C24H32N2O2S. The number of hydrogen-bond acceptors (Lipinski definition) is 3. The molecule has 0 heterocycles. The van der Waals surface area contributed by atoms with Gasteiger partial charge in [-0.1, -0.05) is 42.0 Å². The van der Waals surface area contributed by atoms with Crippen LogP contribution < -0.4 is 5.32 Å². The van der Waals surface area contributed by atoms with Crippen molar-refractivity contribution >= 4 is 23.6 Å². The number of carbonyl (C=O) groups is 2. The molecule has 2 aromatic rings. The summed E-state index contributed by atoms with van der Waals surface area (Å²) in [7, 11) is 0. The molecule has 29 heavy (non-hydrogen) atoms. The number of rotatable bonds is 9. The molecule has 1 atom stereocenters. The summed E-state index contributed by atoms with van der Waals surface area (Å²) in [4.78, 5) is 28.5. The Kier molecular flexibility index (Phi) is 8.77. The number of nitrogens with one attached hydrogen (secondary N) is 1. The molecule has 4 nitrogen and oxygen atoms in total. The molecule has 2 amide bonds. The molecule has 0 aliphatic carbocycles. The second-order valence-electron chi connectivity index (χ2n) is 7.70. The first-order chi connectivity index (χ1) is 13.8. The van der Waals surface area contributed by atoms with Gasteiger partial charge in [0.05, 0.1) is 0 Å². The van der Waals surface area contributed by atoms with E-state index in [9.17, 15) is 9.59 Å². The van der Waals surface area contributed by atoms with E-state index >= 15 is 0 Å². The Morgan fingerprint density at radius 1 is 1.00 bits per heavy atom. The highest BCUT2D eigenvalue weighted by atomic mass is 32.2. The van der Waals surface area contributed by atoms with Crippen molar-refractivity contribution in [2.24, 2.45) is 0 Å². The zero-order valence-corrected chi connectivity index (χ0v) is 18.9. The average Bonchev–Trinajstić information content (AvgIpc) is 2.67. The molecule has 2 aromatic carbocycles.